The molecule has 10 nitrogen and oxygen atoms in total. The third-order valence-electron chi connectivity index (χ3n) is 8.80. The molecule has 240 valence electrons. The van der Waals surface area contributed by atoms with Crippen molar-refractivity contribution < 1.29 is 23.8 Å². The minimum atomic E-state index is -0.678. The molecule has 1 heterocycles. The van der Waals surface area contributed by atoms with Crippen molar-refractivity contribution in [2.45, 2.75) is 77.8 Å². The van der Waals surface area contributed by atoms with Gasteiger partial charge in [-0.3, -0.25) is 14.4 Å². The predicted molar refractivity (Wildman–Crippen MR) is 177 cm³/mol. The topological polar surface area (TPSA) is 128 Å². The summed E-state index contributed by atoms with van der Waals surface area (Å²) in [5, 5.41) is 9.92. The maximum absolute atomic E-state index is 13.9. The molecule has 45 heavy (non-hydrogen) atoms. The molecule has 0 unspecified atom stereocenters. The quantitative estimate of drug-likeness (QED) is 0.261. The van der Waals surface area contributed by atoms with E-state index in [-0.39, 0.29) is 28.8 Å². The number of aryl methyl sites for hydroxylation is 3. The Balaban J connectivity index is 1.58. The first-order valence-corrected chi connectivity index (χ1v) is 16.3. The van der Waals surface area contributed by atoms with E-state index in [4.69, 9.17) is 14.2 Å². The average Bonchev–Trinajstić information content (AvgIpc) is 3.30. The highest BCUT2D eigenvalue weighted by atomic mass is 32.1. The van der Waals surface area contributed by atoms with Gasteiger partial charge in [0.25, 0.3) is 0 Å². The van der Waals surface area contributed by atoms with E-state index < -0.39 is 12.1 Å². The van der Waals surface area contributed by atoms with E-state index in [0.717, 1.165) is 54.5 Å². The van der Waals surface area contributed by atoms with Crippen LogP contribution in [0, 0.1) is 5.92 Å². The van der Waals surface area contributed by atoms with Gasteiger partial charge in [-0.05, 0) is 79.3 Å². The van der Waals surface area contributed by atoms with Gasteiger partial charge in [-0.15, -0.1) is 11.3 Å². The highest BCUT2D eigenvalue weighted by molar-refractivity contribution is 7.15. The van der Waals surface area contributed by atoms with Crippen LogP contribution in [0.15, 0.2) is 29.1 Å². The summed E-state index contributed by atoms with van der Waals surface area (Å²) in [5.74, 6) is 0.937. The third kappa shape index (κ3) is 6.63. The highest BCUT2D eigenvalue weighted by Crippen LogP contribution is 2.50. The Morgan fingerprint density at radius 2 is 1.80 bits per heavy atom. The van der Waals surface area contributed by atoms with Crippen LogP contribution >= 0.6 is 11.3 Å². The second kappa shape index (κ2) is 13.9. The lowest BCUT2D eigenvalue weighted by molar-refractivity contribution is -0.120. The molecule has 2 amide bonds. The Labute approximate surface area is 267 Å². The average molecular weight is 635 g/mol. The summed E-state index contributed by atoms with van der Waals surface area (Å²) in [6.45, 7) is 5.47. The van der Waals surface area contributed by atoms with E-state index in [0.29, 0.717) is 40.8 Å². The summed E-state index contributed by atoms with van der Waals surface area (Å²) in [5.41, 5.74) is 4.15. The maximum atomic E-state index is 13.9. The normalized spacial score (nSPS) is 16.5. The van der Waals surface area contributed by atoms with Crippen molar-refractivity contribution in [2.24, 2.45) is 5.92 Å². The van der Waals surface area contributed by atoms with Crippen LogP contribution in [0.2, 0.25) is 0 Å². The second-order valence-electron chi connectivity index (χ2n) is 11.7. The number of hydrogen-bond donors (Lipinski definition) is 3. The summed E-state index contributed by atoms with van der Waals surface area (Å²) in [6, 6.07) is 5.94. The fourth-order valence-electron chi connectivity index (χ4n) is 6.28. The number of nitrogens with one attached hydrogen (secondary N) is 3. The molecule has 2 aromatic carbocycles. The van der Waals surface area contributed by atoms with E-state index in [1.165, 1.54) is 23.1 Å². The molecule has 2 aliphatic carbocycles. The fourth-order valence-corrected chi connectivity index (χ4v) is 7.34. The number of anilines is 2. The van der Waals surface area contributed by atoms with Crippen molar-refractivity contribution in [1.29, 1.82) is 0 Å². The zero-order valence-corrected chi connectivity index (χ0v) is 27.6. The molecule has 3 aromatic rings. The first kappa shape index (κ1) is 32.3. The number of thiazole rings is 1. The molecule has 5 rings (SSSR count). The molecule has 0 radical (unpaired) electrons. The third-order valence-corrected chi connectivity index (χ3v) is 9.87. The number of amides is 2. The van der Waals surface area contributed by atoms with Gasteiger partial charge in [0.1, 0.15) is 6.04 Å². The number of hydrogen-bond acceptors (Lipinski definition) is 9. The highest BCUT2D eigenvalue weighted by Gasteiger charge is 2.31. The van der Waals surface area contributed by atoms with Crippen LogP contribution in [0.5, 0.6) is 17.2 Å². The summed E-state index contributed by atoms with van der Waals surface area (Å²) in [7, 11) is 4.69. The van der Waals surface area contributed by atoms with Gasteiger partial charge in [-0.1, -0.05) is 26.3 Å². The van der Waals surface area contributed by atoms with Crippen LogP contribution in [-0.4, -0.2) is 44.2 Å². The van der Waals surface area contributed by atoms with Gasteiger partial charge in [0.15, 0.2) is 16.6 Å². The fraction of sp³-hybridized carbons (Fsp3) is 0.471. The molecule has 0 saturated carbocycles. The molecule has 0 saturated heterocycles. The summed E-state index contributed by atoms with van der Waals surface area (Å²) >= 11 is 1.54. The number of rotatable bonds is 10. The van der Waals surface area contributed by atoms with Crippen LogP contribution in [-0.2, 0) is 28.9 Å². The smallest absolute Gasteiger partial charge is 0.248 e. The summed E-state index contributed by atoms with van der Waals surface area (Å²) in [6.07, 6.45) is 6.06. The largest absolute Gasteiger partial charge is 0.493 e. The van der Waals surface area contributed by atoms with E-state index >= 15 is 0 Å². The lowest BCUT2D eigenvalue weighted by Crippen LogP contribution is -2.40. The number of aromatic nitrogens is 1. The first-order chi connectivity index (χ1) is 21.7. The molecule has 0 bridgehead atoms. The van der Waals surface area contributed by atoms with Crippen molar-refractivity contribution in [3.63, 3.8) is 0 Å². The first-order valence-electron chi connectivity index (χ1n) is 15.5. The Kier molecular flexibility index (Phi) is 9.96. The lowest BCUT2D eigenvalue weighted by atomic mass is 9.95. The van der Waals surface area contributed by atoms with Crippen molar-refractivity contribution in [3.8, 4) is 28.4 Å². The molecular weight excluding hydrogens is 592 g/mol. The number of benzene rings is 1. The zero-order valence-electron chi connectivity index (χ0n) is 26.8. The standard InChI is InChI=1S/C34H42N4O6S/c1-7-18(2)30(33(41)38-34-37-25-10-8-9-11-28(25)45-34)36-24-15-13-21-22(17-26(24)40)23(35-19(3)39)14-12-20-16-27(42-4)31(43-5)32(44-6)29(20)21/h13,15-18,23,30H,7-12,14H2,1-6H3,(H,35,39)(H,36,40)(H,37,38,41)/t18-,23-,30+/m0/s1. The van der Waals surface area contributed by atoms with Crippen LogP contribution in [0.4, 0.5) is 10.8 Å². The van der Waals surface area contributed by atoms with Gasteiger partial charge in [-0.2, -0.15) is 0 Å². The number of carbonyl (C=O) groups excluding carboxylic acids is 2. The van der Waals surface area contributed by atoms with E-state index in [1.807, 2.05) is 26.0 Å². The van der Waals surface area contributed by atoms with Crippen molar-refractivity contribution >= 4 is 34.0 Å². The van der Waals surface area contributed by atoms with Crippen molar-refractivity contribution in [1.82, 2.24) is 10.3 Å². The van der Waals surface area contributed by atoms with Gasteiger partial charge >= 0.3 is 0 Å². The Hall–Kier alpha value is -4.12. The van der Waals surface area contributed by atoms with E-state index in [2.05, 4.69) is 20.9 Å². The van der Waals surface area contributed by atoms with Gasteiger partial charge in [0, 0.05) is 17.4 Å². The van der Waals surface area contributed by atoms with Gasteiger partial charge in [-0.25, -0.2) is 4.98 Å². The monoisotopic (exact) mass is 634 g/mol. The van der Waals surface area contributed by atoms with Crippen LogP contribution in [0.25, 0.3) is 11.1 Å². The molecule has 0 fully saturated rings. The Morgan fingerprint density at radius 1 is 1.04 bits per heavy atom. The van der Waals surface area contributed by atoms with E-state index in [1.54, 1.807) is 33.5 Å². The molecule has 3 atom stereocenters. The van der Waals surface area contributed by atoms with Gasteiger partial charge in [0.2, 0.25) is 23.0 Å². The molecule has 1 aromatic heterocycles. The van der Waals surface area contributed by atoms with Crippen LogP contribution in [0.3, 0.4) is 0 Å². The van der Waals surface area contributed by atoms with Crippen molar-refractivity contribution in [2.75, 3.05) is 32.0 Å². The number of carbonyl (C=O) groups is 2. The number of nitrogens with zero attached hydrogens (tertiary/aromatic N) is 1. The predicted octanol–water partition coefficient (Wildman–Crippen LogP) is 5.66. The lowest BCUT2D eigenvalue weighted by Gasteiger charge is -2.23. The summed E-state index contributed by atoms with van der Waals surface area (Å²) in [4.78, 5) is 45.8. The van der Waals surface area contributed by atoms with E-state index in [9.17, 15) is 14.4 Å². The Morgan fingerprint density at radius 3 is 2.47 bits per heavy atom. The molecule has 0 aliphatic heterocycles. The van der Waals surface area contributed by atoms with Gasteiger partial charge in [0.05, 0.1) is 38.8 Å². The Bertz CT molecular complexity index is 1630. The zero-order chi connectivity index (χ0) is 32.2. The van der Waals surface area contributed by atoms with Gasteiger partial charge < -0.3 is 30.2 Å². The number of methoxy groups -OCH3 is 3. The molecule has 11 heteroatoms. The van der Waals surface area contributed by atoms with Crippen LogP contribution < -0.4 is 35.6 Å². The minimum absolute atomic E-state index is 0.0769. The second-order valence-corrected chi connectivity index (χ2v) is 12.8. The molecule has 3 N–H and O–H groups in total. The van der Waals surface area contributed by atoms with Crippen LogP contribution in [0.1, 0.15) is 74.2 Å². The SMILES string of the molecule is CC[C@H](C)[C@@H](Nc1ccc2c(cc1=O)[C@@H](NC(C)=O)CCc1cc(OC)c(OC)c(OC)c1-2)C(=O)Nc1nc2c(s1)CCCC2. The minimum Gasteiger partial charge on any atom is -0.493 e. The molecular formula is C34H42N4O6S. The van der Waals surface area contributed by atoms with Crippen molar-refractivity contribution in [3.05, 3.63) is 56.2 Å². The number of fused-ring (bicyclic) bond motifs is 4. The number of ether oxygens (including phenoxy) is 3. The maximum Gasteiger partial charge on any atom is 0.248 e. The molecule has 0 spiro atoms. The summed E-state index contributed by atoms with van der Waals surface area (Å²) < 4.78 is 17.2. The molecule has 2 aliphatic rings.